The molecule has 0 aliphatic carbocycles. The fourth-order valence-corrected chi connectivity index (χ4v) is 4.86. The molecule has 3 heterocycles. The molecule has 2 aliphatic heterocycles. The molecule has 0 unspecified atom stereocenters. The molecule has 32 heavy (non-hydrogen) atoms. The SMILES string of the molecule is COc1cccc(N2C[C@H](c3nc4ccccc4n3CC(=O)N3CCCCC3)CC2=O)c1. The highest BCUT2D eigenvalue weighted by Crippen LogP contribution is 2.34. The van der Waals surface area contributed by atoms with E-state index in [9.17, 15) is 9.59 Å². The van der Waals surface area contributed by atoms with Crippen LogP contribution in [-0.2, 0) is 16.1 Å². The summed E-state index contributed by atoms with van der Waals surface area (Å²) in [6, 6.07) is 15.5. The maximum Gasteiger partial charge on any atom is 0.242 e. The van der Waals surface area contributed by atoms with Gasteiger partial charge in [-0.1, -0.05) is 18.2 Å². The largest absolute Gasteiger partial charge is 0.497 e. The Morgan fingerprint density at radius 3 is 2.72 bits per heavy atom. The zero-order valence-electron chi connectivity index (χ0n) is 18.4. The molecular formula is C25H28N4O3. The summed E-state index contributed by atoms with van der Waals surface area (Å²) in [5, 5.41) is 0. The maximum absolute atomic E-state index is 13.1. The Bertz CT molecular complexity index is 1150. The predicted molar refractivity (Wildman–Crippen MR) is 123 cm³/mol. The molecule has 166 valence electrons. The van der Waals surface area contributed by atoms with Gasteiger partial charge in [-0.25, -0.2) is 4.98 Å². The van der Waals surface area contributed by atoms with Crippen LogP contribution in [0.4, 0.5) is 5.69 Å². The number of imidazole rings is 1. The van der Waals surface area contributed by atoms with E-state index in [0.29, 0.717) is 13.0 Å². The molecule has 2 fully saturated rings. The predicted octanol–water partition coefficient (Wildman–Crippen LogP) is 3.58. The lowest BCUT2D eigenvalue weighted by Crippen LogP contribution is -2.38. The van der Waals surface area contributed by atoms with Crippen LogP contribution < -0.4 is 9.64 Å². The second kappa shape index (κ2) is 8.65. The van der Waals surface area contributed by atoms with Crippen molar-refractivity contribution in [1.82, 2.24) is 14.5 Å². The Morgan fingerprint density at radius 1 is 1.09 bits per heavy atom. The second-order valence-electron chi connectivity index (χ2n) is 8.59. The van der Waals surface area contributed by atoms with Crippen molar-refractivity contribution in [3.8, 4) is 5.75 Å². The lowest BCUT2D eigenvalue weighted by atomic mass is 10.1. The number of anilines is 1. The van der Waals surface area contributed by atoms with Crippen LogP contribution in [0, 0.1) is 0 Å². The van der Waals surface area contributed by atoms with Gasteiger partial charge < -0.3 is 19.1 Å². The third kappa shape index (κ3) is 3.83. The van der Waals surface area contributed by atoms with Gasteiger partial charge in [-0.3, -0.25) is 9.59 Å². The number of likely N-dealkylation sites (tertiary alicyclic amines) is 1. The van der Waals surface area contributed by atoms with Crippen LogP contribution in [0.25, 0.3) is 11.0 Å². The van der Waals surface area contributed by atoms with E-state index < -0.39 is 0 Å². The smallest absolute Gasteiger partial charge is 0.242 e. The first-order valence-corrected chi connectivity index (χ1v) is 11.3. The van der Waals surface area contributed by atoms with Gasteiger partial charge in [0.15, 0.2) is 0 Å². The van der Waals surface area contributed by atoms with Gasteiger partial charge in [-0.2, -0.15) is 0 Å². The molecule has 0 bridgehead atoms. The number of ether oxygens (including phenoxy) is 1. The third-order valence-corrected chi connectivity index (χ3v) is 6.54. The summed E-state index contributed by atoms with van der Waals surface area (Å²) in [6.45, 7) is 2.45. The van der Waals surface area contributed by atoms with Gasteiger partial charge in [-0.15, -0.1) is 0 Å². The van der Waals surface area contributed by atoms with Crippen LogP contribution in [0.2, 0.25) is 0 Å². The number of hydrogen-bond acceptors (Lipinski definition) is 4. The lowest BCUT2D eigenvalue weighted by Gasteiger charge is -2.27. The second-order valence-corrected chi connectivity index (χ2v) is 8.59. The quantitative estimate of drug-likeness (QED) is 0.618. The number of methoxy groups -OCH3 is 1. The van der Waals surface area contributed by atoms with E-state index in [-0.39, 0.29) is 24.3 Å². The molecule has 2 aliphatic rings. The van der Waals surface area contributed by atoms with Gasteiger partial charge in [0.25, 0.3) is 0 Å². The average Bonchev–Trinajstić information content (AvgIpc) is 3.40. The average molecular weight is 433 g/mol. The van der Waals surface area contributed by atoms with Crippen molar-refractivity contribution in [2.75, 3.05) is 31.6 Å². The molecule has 0 saturated carbocycles. The molecule has 2 saturated heterocycles. The first-order chi connectivity index (χ1) is 15.6. The molecule has 5 rings (SSSR count). The Morgan fingerprint density at radius 2 is 1.91 bits per heavy atom. The van der Waals surface area contributed by atoms with Crippen molar-refractivity contribution in [3.63, 3.8) is 0 Å². The van der Waals surface area contributed by atoms with Gasteiger partial charge in [0, 0.05) is 43.7 Å². The first kappa shape index (κ1) is 20.5. The van der Waals surface area contributed by atoms with E-state index in [2.05, 4.69) is 0 Å². The summed E-state index contributed by atoms with van der Waals surface area (Å²) in [5.41, 5.74) is 2.63. The van der Waals surface area contributed by atoms with Crippen LogP contribution in [0.1, 0.15) is 37.4 Å². The van der Waals surface area contributed by atoms with Crippen LogP contribution in [-0.4, -0.2) is 53.0 Å². The number of aromatic nitrogens is 2. The molecule has 1 aromatic heterocycles. The summed E-state index contributed by atoms with van der Waals surface area (Å²) in [7, 11) is 1.62. The normalized spacial score (nSPS) is 19.0. The van der Waals surface area contributed by atoms with Crippen molar-refractivity contribution in [1.29, 1.82) is 0 Å². The summed E-state index contributed by atoms with van der Waals surface area (Å²) in [6.07, 6.45) is 3.69. The zero-order chi connectivity index (χ0) is 22.1. The fraction of sp³-hybridized carbons (Fsp3) is 0.400. The Kier molecular flexibility index (Phi) is 5.55. The topological polar surface area (TPSA) is 67.7 Å². The van der Waals surface area contributed by atoms with E-state index in [1.165, 1.54) is 6.42 Å². The summed E-state index contributed by atoms with van der Waals surface area (Å²) >= 11 is 0. The minimum absolute atomic E-state index is 0.0595. The third-order valence-electron chi connectivity index (χ3n) is 6.54. The van der Waals surface area contributed by atoms with E-state index in [0.717, 1.165) is 54.2 Å². The van der Waals surface area contributed by atoms with E-state index in [4.69, 9.17) is 9.72 Å². The number of para-hydroxylation sites is 2. The molecule has 3 aromatic rings. The zero-order valence-corrected chi connectivity index (χ0v) is 18.4. The number of carbonyl (C=O) groups is 2. The summed E-state index contributed by atoms with van der Waals surface area (Å²) < 4.78 is 7.35. The molecule has 2 amide bonds. The fourth-order valence-electron chi connectivity index (χ4n) is 4.86. The van der Waals surface area contributed by atoms with Gasteiger partial charge in [-0.05, 0) is 43.5 Å². The van der Waals surface area contributed by atoms with Crippen LogP contribution in [0.15, 0.2) is 48.5 Å². The van der Waals surface area contributed by atoms with Crippen LogP contribution in [0.5, 0.6) is 5.75 Å². The molecule has 0 N–H and O–H groups in total. The monoisotopic (exact) mass is 432 g/mol. The number of nitrogens with zero attached hydrogens (tertiary/aromatic N) is 4. The van der Waals surface area contributed by atoms with Crippen molar-refractivity contribution in [2.45, 2.75) is 38.1 Å². The minimum Gasteiger partial charge on any atom is -0.497 e. The minimum atomic E-state index is -0.0738. The van der Waals surface area contributed by atoms with Crippen molar-refractivity contribution >= 4 is 28.5 Å². The Balaban J connectivity index is 1.45. The molecule has 7 nitrogen and oxygen atoms in total. The molecular weight excluding hydrogens is 404 g/mol. The molecule has 1 atom stereocenters. The summed E-state index contributed by atoms with van der Waals surface area (Å²) in [4.78, 5) is 34.6. The van der Waals surface area contributed by atoms with Crippen molar-refractivity contribution in [2.24, 2.45) is 0 Å². The van der Waals surface area contributed by atoms with Crippen molar-refractivity contribution in [3.05, 3.63) is 54.4 Å². The van der Waals surface area contributed by atoms with Gasteiger partial charge in [0.1, 0.15) is 18.1 Å². The van der Waals surface area contributed by atoms with E-state index >= 15 is 0 Å². The molecule has 7 heteroatoms. The maximum atomic E-state index is 13.1. The number of rotatable bonds is 5. The standard InChI is InChI=1S/C25H28N4O3/c1-32-20-9-7-8-19(15-20)28-16-18(14-23(28)30)25-26-21-10-3-4-11-22(21)29(25)17-24(31)27-12-5-2-6-13-27/h3-4,7-11,15,18H,2,5-6,12-14,16-17H2,1H3/t18-/m1/s1. The molecule has 0 spiro atoms. The number of amides is 2. The van der Waals surface area contributed by atoms with Crippen LogP contribution in [0.3, 0.4) is 0 Å². The Hall–Kier alpha value is -3.35. The van der Waals surface area contributed by atoms with Crippen LogP contribution >= 0.6 is 0 Å². The number of carbonyl (C=O) groups excluding carboxylic acids is 2. The van der Waals surface area contributed by atoms with Gasteiger partial charge in [0.2, 0.25) is 11.8 Å². The van der Waals surface area contributed by atoms with E-state index in [1.807, 2.05) is 58.0 Å². The number of piperidine rings is 1. The summed E-state index contributed by atoms with van der Waals surface area (Å²) in [5.74, 6) is 1.65. The molecule has 2 aromatic carbocycles. The Labute approximate surface area is 187 Å². The highest BCUT2D eigenvalue weighted by Gasteiger charge is 2.35. The number of hydrogen-bond donors (Lipinski definition) is 0. The highest BCUT2D eigenvalue weighted by atomic mass is 16.5. The van der Waals surface area contributed by atoms with Gasteiger partial charge in [0.05, 0.1) is 18.1 Å². The lowest BCUT2D eigenvalue weighted by molar-refractivity contribution is -0.132. The highest BCUT2D eigenvalue weighted by molar-refractivity contribution is 5.96. The van der Waals surface area contributed by atoms with E-state index in [1.54, 1.807) is 12.0 Å². The first-order valence-electron chi connectivity index (χ1n) is 11.3. The number of benzene rings is 2. The molecule has 0 radical (unpaired) electrons. The number of fused-ring (bicyclic) bond motifs is 1. The van der Waals surface area contributed by atoms with Crippen molar-refractivity contribution < 1.29 is 14.3 Å². The van der Waals surface area contributed by atoms with Gasteiger partial charge >= 0.3 is 0 Å².